The Labute approximate surface area is 159 Å². The summed E-state index contributed by atoms with van der Waals surface area (Å²) in [6, 6.07) is 14.8. The van der Waals surface area contributed by atoms with Gasteiger partial charge < -0.3 is 11.1 Å². The minimum Gasteiger partial charge on any atom is -0.399 e. The Morgan fingerprint density at radius 2 is 2.04 bits per heavy atom. The third kappa shape index (κ3) is 3.29. The molecular formula is C19H13ClN4OS. The summed E-state index contributed by atoms with van der Waals surface area (Å²) < 4.78 is 0. The Morgan fingerprint density at radius 1 is 1.19 bits per heavy atom. The fourth-order valence-electron chi connectivity index (χ4n) is 2.59. The number of carbonyl (C=O) groups is 1. The first kappa shape index (κ1) is 16.6. The molecule has 0 aliphatic carbocycles. The van der Waals surface area contributed by atoms with Gasteiger partial charge in [0.2, 0.25) is 0 Å². The van der Waals surface area contributed by atoms with E-state index < -0.39 is 0 Å². The molecule has 4 rings (SSSR count). The van der Waals surface area contributed by atoms with Crippen LogP contribution in [0.2, 0.25) is 5.02 Å². The molecule has 0 bridgehead atoms. The van der Waals surface area contributed by atoms with E-state index in [1.807, 2.05) is 36.4 Å². The van der Waals surface area contributed by atoms with Gasteiger partial charge in [-0.15, -0.1) is 0 Å². The lowest BCUT2D eigenvalue weighted by atomic mass is 10.1. The molecule has 0 radical (unpaired) electrons. The number of para-hydroxylation sites is 1. The molecule has 1 fully saturated rings. The lowest BCUT2D eigenvalue weighted by Gasteiger charge is -2.01. The van der Waals surface area contributed by atoms with Crippen molar-refractivity contribution < 1.29 is 4.79 Å². The van der Waals surface area contributed by atoms with Crippen molar-refractivity contribution >= 4 is 62.8 Å². The Kier molecular flexibility index (Phi) is 4.36. The van der Waals surface area contributed by atoms with E-state index in [0.29, 0.717) is 26.5 Å². The van der Waals surface area contributed by atoms with Gasteiger partial charge >= 0.3 is 0 Å². The first-order valence-corrected chi connectivity index (χ1v) is 8.98. The summed E-state index contributed by atoms with van der Waals surface area (Å²) in [6.07, 6.45) is 3.56. The van der Waals surface area contributed by atoms with Crippen LogP contribution in [0.1, 0.15) is 5.56 Å². The topological polar surface area (TPSA) is 80.4 Å². The van der Waals surface area contributed by atoms with Gasteiger partial charge in [0.05, 0.1) is 21.1 Å². The van der Waals surface area contributed by atoms with Crippen molar-refractivity contribution in [2.24, 2.45) is 4.99 Å². The number of anilines is 1. The molecule has 7 heteroatoms. The highest BCUT2D eigenvalue weighted by atomic mass is 35.5. The van der Waals surface area contributed by atoms with Crippen molar-refractivity contribution in [1.29, 1.82) is 0 Å². The SMILES string of the molecule is Nc1ccc(Cl)c(N=C2NC(=O)C(=Cc3cccc4cccnc34)S2)c1. The smallest absolute Gasteiger partial charge is 0.264 e. The molecule has 128 valence electrons. The zero-order valence-corrected chi connectivity index (χ0v) is 15.0. The number of carbonyl (C=O) groups excluding carboxylic acids is 1. The zero-order valence-electron chi connectivity index (χ0n) is 13.4. The lowest BCUT2D eigenvalue weighted by Crippen LogP contribution is -2.19. The molecule has 2 heterocycles. The molecule has 1 saturated heterocycles. The van der Waals surface area contributed by atoms with Crippen molar-refractivity contribution in [2.45, 2.75) is 0 Å². The predicted molar refractivity (Wildman–Crippen MR) is 108 cm³/mol. The summed E-state index contributed by atoms with van der Waals surface area (Å²) in [5.74, 6) is -0.207. The van der Waals surface area contributed by atoms with E-state index in [1.165, 1.54) is 11.8 Å². The number of benzene rings is 2. The van der Waals surface area contributed by atoms with Crippen LogP contribution in [0.5, 0.6) is 0 Å². The maximum absolute atomic E-state index is 12.3. The number of nitrogens with zero attached hydrogens (tertiary/aromatic N) is 2. The molecule has 26 heavy (non-hydrogen) atoms. The Bertz CT molecular complexity index is 1090. The Balaban J connectivity index is 1.69. The number of pyridine rings is 1. The Hall–Kier alpha value is -2.83. The van der Waals surface area contributed by atoms with Gasteiger partial charge in [-0.2, -0.15) is 0 Å². The standard InChI is InChI=1S/C19H13ClN4OS/c20-14-7-6-13(21)10-15(14)23-19-24-18(25)16(26-19)9-12-4-1-3-11-5-2-8-22-17(11)12/h1-10H,21H2,(H,23,24,25). The van der Waals surface area contributed by atoms with Crippen LogP contribution in [0.15, 0.2) is 64.6 Å². The molecule has 3 aromatic rings. The number of thioether (sulfide) groups is 1. The number of fused-ring (bicyclic) bond motifs is 1. The minimum absolute atomic E-state index is 0.207. The molecule has 0 atom stereocenters. The number of hydrogen-bond acceptors (Lipinski definition) is 5. The molecule has 5 nitrogen and oxygen atoms in total. The molecule has 1 amide bonds. The van der Waals surface area contributed by atoms with Gasteiger partial charge in [-0.3, -0.25) is 9.78 Å². The van der Waals surface area contributed by atoms with Crippen molar-refractivity contribution in [3.63, 3.8) is 0 Å². The molecule has 1 aliphatic rings. The van der Waals surface area contributed by atoms with E-state index in [4.69, 9.17) is 17.3 Å². The minimum atomic E-state index is -0.207. The van der Waals surface area contributed by atoms with E-state index in [9.17, 15) is 4.79 Å². The lowest BCUT2D eigenvalue weighted by molar-refractivity contribution is -0.115. The number of nitrogen functional groups attached to an aromatic ring is 1. The molecule has 0 saturated carbocycles. The fourth-order valence-corrected chi connectivity index (χ4v) is 3.58. The largest absolute Gasteiger partial charge is 0.399 e. The van der Waals surface area contributed by atoms with Crippen LogP contribution in [0.25, 0.3) is 17.0 Å². The summed E-state index contributed by atoms with van der Waals surface area (Å²) in [4.78, 5) is 21.7. The molecule has 1 aromatic heterocycles. The second kappa shape index (κ2) is 6.82. The van der Waals surface area contributed by atoms with Crippen molar-refractivity contribution in [1.82, 2.24) is 10.3 Å². The maximum Gasteiger partial charge on any atom is 0.264 e. The Morgan fingerprint density at radius 3 is 2.92 bits per heavy atom. The van der Waals surface area contributed by atoms with Crippen molar-refractivity contribution in [3.05, 3.63) is 70.2 Å². The average Bonchev–Trinajstić information content (AvgIpc) is 2.98. The van der Waals surface area contributed by atoms with E-state index in [0.717, 1.165) is 16.5 Å². The molecular weight excluding hydrogens is 368 g/mol. The summed E-state index contributed by atoms with van der Waals surface area (Å²) in [5.41, 5.74) is 8.57. The number of amides is 1. The van der Waals surface area contributed by atoms with Crippen LogP contribution in [-0.2, 0) is 4.79 Å². The van der Waals surface area contributed by atoms with Gasteiger partial charge in [0.1, 0.15) is 0 Å². The second-order valence-corrected chi connectivity index (χ2v) is 7.05. The predicted octanol–water partition coefficient (Wildman–Crippen LogP) is 4.36. The fraction of sp³-hybridized carbons (Fsp3) is 0. The third-order valence-corrected chi connectivity index (χ3v) is 5.02. The number of aromatic nitrogens is 1. The molecule has 0 spiro atoms. The van der Waals surface area contributed by atoms with Gasteiger partial charge in [-0.05, 0) is 42.1 Å². The van der Waals surface area contributed by atoms with Gasteiger partial charge in [-0.1, -0.05) is 35.9 Å². The first-order valence-electron chi connectivity index (χ1n) is 7.78. The number of nitrogens with two attached hydrogens (primary N) is 1. The molecule has 3 N–H and O–H groups in total. The summed E-state index contributed by atoms with van der Waals surface area (Å²) >= 11 is 7.39. The van der Waals surface area contributed by atoms with E-state index >= 15 is 0 Å². The molecule has 2 aromatic carbocycles. The normalized spacial score (nSPS) is 17.2. The number of nitrogens with one attached hydrogen (secondary N) is 1. The van der Waals surface area contributed by atoms with E-state index in [2.05, 4.69) is 15.3 Å². The monoisotopic (exact) mass is 380 g/mol. The van der Waals surface area contributed by atoms with Crippen LogP contribution in [0.3, 0.4) is 0 Å². The van der Waals surface area contributed by atoms with Crippen LogP contribution in [-0.4, -0.2) is 16.1 Å². The van der Waals surface area contributed by atoms with Crippen LogP contribution >= 0.6 is 23.4 Å². The van der Waals surface area contributed by atoms with Gasteiger partial charge in [0, 0.05) is 22.8 Å². The van der Waals surface area contributed by atoms with Crippen LogP contribution < -0.4 is 11.1 Å². The van der Waals surface area contributed by atoms with Crippen LogP contribution in [0.4, 0.5) is 11.4 Å². The van der Waals surface area contributed by atoms with E-state index in [1.54, 1.807) is 24.4 Å². The number of aliphatic imine (C=N–C) groups is 1. The number of amidine groups is 1. The first-order chi connectivity index (χ1) is 12.6. The highest BCUT2D eigenvalue weighted by Gasteiger charge is 2.24. The molecule has 0 unspecified atom stereocenters. The number of hydrogen-bond donors (Lipinski definition) is 2. The summed E-state index contributed by atoms with van der Waals surface area (Å²) in [6.45, 7) is 0. The van der Waals surface area contributed by atoms with Gasteiger partial charge in [0.15, 0.2) is 5.17 Å². The zero-order chi connectivity index (χ0) is 18.1. The molecule has 1 aliphatic heterocycles. The number of halogens is 1. The van der Waals surface area contributed by atoms with Crippen molar-refractivity contribution in [2.75, 3.05) is 5.73 Å². The van der Waals surface area contributed by atoms with Gasteiger partial charge in [-0.25, -0.2) is 4.99 Å². The summed E-state index contributed by atoms with van der Waals surface area (Å²) in [5, 5.41) is 4.70. The van der Waals surface area contributed by atoms with Crippen molar-refractivity contribution in [3.8, 4) is 0 Å². The second-order valence-electron chi connectivity index (χ2n) is 5.61. The van der Waals surface area contributed by atoms with Gasteiger partial charge in [0.25, 0.3) is 5.91 Å². The highest BCUT2D eigenvalue weighted by Crippen LogP contribution is 2.32. The quantitative estimate of drug-likeness (QED) is 0.511. The highest BCUT2D eigenvalue weighted by molar-refractivity contribution is 8.18. The number of rotatable bonds is 2. The van der Waals surface area contributed by atoms with E-state index in [-0.39, 0.29) is 5.91 Å². The third-order valence-electron chi connectivity index (χ3n) is 3.79. The average molecular weight is 381 g/mol. The van der Waals surface area contributed by atoms with Crippen LogP contribution in [0, 0.1) is 0 Å². The maximum atomic E-state index is 12.3. The summed E-state index contributed by atoms with van der Waals surface area (Å²) in [7, 11) is 0.